The highest BCUT2D eigenvalue weighted by molar-refractivity contribution is 7.17. The Morgan fingerprint density at radius 3 is 2.60 bits per heavy atom. The van der Waals surface area contributed by atoms with E-state index in [0.29, 0.717) is 29.8 Å². The van der Waals surface area contributed by atoms with Gasteiger partial charge in [-0.1, -0.05) is 32.4 Å². The maximum absolute atomic E-state index is 13.1. The number of fused-ring (bicyclic) bond motifs is 1. The van der Waals surface area contributed by atoms with E-state index in [1.54, 1.807) is 24.3 Å². The average molecular weight is 443 g/mol. The van der Waals surface area contributed by atoms with E-state index in [4.69, 9.17) is 21.1 Å². The van der Waals surface area contributed by atoms with Gasteiger partial charge in [-0.2, -0.15) is 0 Å². The van der Waals surface area contributed by atoms with Gasteiger partial charge in [0, 0.05) is 28.4 Å². The molecule has 0 spiro atoms. The van der Waals surface area contributed by atoms with Crippen molar-refractivity contribution in [2.75, 3.05) is 18.6 Å². The number of halogens is 1. The molecule has 0 atom stereocenters. The number of rotatable bonds is 5. The lowest BCUT2D eigenvalue weighted by molar-refractivity contribution is 0.1000. The summed E-state index contributed by atoms with van der Waals surface area (Å²) in [6, 6.07) is 11.4. The third kappa shape index (κ3) is 4.16. The number of aromatic nitrogens is 1. The van der Waals surface area contributed by atoms with Crippen LogP contribution in [0.2, 0.25) is 5.15 Å². The summed E-state index contributed by atoms with van der Waals surface area (Å²) in [5, 5.41) is 0.453. The van der Waals surface area contributed by atoms with Crippen molar-refractivity contribution in [2.24, 2.45) is 5.41 Å². The number of carbonyl (C=O) groups is 1. The Morgan fingerprint density at radius 2 is 1.97 bits per heavy atom. The molecule has 7 heteroatoms. The molecule has 5 nitrogen and oxygen atoms in total. The fourth-order valence-electron chi connectivity index (χ4n) is 3.20. The predicted molar refractivity (Wildman–Crippen MR) is 121 cm³/mol. The first-order valence-electron chi connectivity index (χ1n) is 9.62. The summed E-state index contributed by atoms with van der Waals surface area (Å²) in [6.07, 6.45) is 1.73. The van der Waals surface area contributed by atoms with Gasteiger partial charge in [-0.05, 0) is 41.3 Å². The summed E-state index contributed by atoms with van der Waals surface area (Å²) < 4.78 is 11.4. The molecule has 2 aromatic heterocycles. The average Bonchev–Trinajstić information content (AvgIpc) is 3.26. The van der Waals surface area contributed by atoms with Gasteiger partial charge in [0.1, 0.15) is 5.15 Å². The van der Waals surface area contributed by atoms with Crippen molar-refractivity contribution in [3.8, 4) is 21.9 Å². The third-order valence-corrected chi connectivity index (χ3v) is 6.15. The molecule has 1 aliphatic heterocycles. The molecular formula is C23H23ClN2O3S. The van der Waals surface area contributed by atoms with Crippen LogP contribution in [0.4, 0.5) is 5.69 Å². The first-order valence-corrected chi connectivity index (χ1v) is 10.8. The Labute approximate surface area is 185 Å². The van der Waals surface area contributed by atoms with Gasteiger partial charge in [0.05, 0.1) is 25.1 Å². The summed E-state index contributed by atoms with van der Waals surface area (Å²) in [5.74, 6) is 1.29. The van der Waals surface area contributed by atoms with Crippen LogP contribution in [0.1, 0.15) is 36.0 Å². The zero-order valence-electron chi connectivity index (χ0n) is 17.4. The quantitative estimate of drug-likeness (QED) is 0.451. The molecule has 0 bridgehead atoms. The van der Waals surface area contributed by atoms with E-state index in [1.165, 1.54) is 11.3 Å². The van der Waals surface area contributed by atoms with Gasteiger partial charge in [-0.25, -0.2) is 4.98 Å². The van der Waals surface area contributed by atoms with Crippen molar-refractivity contribution >= 4 is 34.5 Å². The van der Waals surface area contributed by atoms with Gasteiger partial charge >= 0.3 is 0 Å². The Hall–Kier alpha value is -2.57. The zero-order valence-corrected chi connectivity index (χ0v) is 18.9. The molecule has 4 rings (SSSR count). The van der Waals surface area contributed by atoms with E-state index in [0.717, 1.165) is 26.6 Å². The lowest BCUT2D eigenvalue weighted by atomic mass is 9.99. The summed E-state index contributed by atoms with van der Waals surface area (Å²) in [4.78, 5) is 20.7. The molecule has 0 unspecified atom stereocenters. The van der Waals surface area contributed by atoms with E-state index in [-0.39, 0.29) is 11.3 Å². The van der Waals surface area contributed by atoms with Gasteiger partial charge < -0.3 is 14.4 Å². The van der Waals surface area contributed by atoms with Gasteiger partial charge in [0.25, 0.3) is 5.91 Å². The number of amides is 1. The summed E-state index contributed by atoms with van der Waals surface area (Å²) >= 11 is 7.36. The molecule has 0 fully saturated rings. The largest absolute Gasteiger partial charge is 0.493 e. The molecule has 30 heavy (non-hydrogen) atoms. The Balaban J connectivity index is 1.55. The van der Waals surface area contributed by atoms with Gasteiger partial charge in [-0.3, -0.25) is 4.79 Å². The standard InChI is InChI=1S/C23H23ClN2O3S/c1-23(2,3)13-29-17-7-6-16(10-18(17)28-4)26-12-15-9-19(30-21(15)22(26)27)14-5-8-20(24)25-11-14/h5-11H,12-13H2,1-4H3. The molecule has 1 amide bonds. The number of nitrogens with zero attached hydrogens (tertiary/aromatic N) is 2. The Kier molecular flexibility index (Phi) is 5.47. The number of anilines is 1. The topological polar surface area (TPSA) is 51.7 Å². The molecule has 0 aliphatic carbocycles. The first-order chi connectivity index (χ1) is 14.2. The number of ether oxygens (including phenoxy) is 2. The molecule has 3 heterocycles. The fraction of sp³-hybridized carbons (Fsp3) is 0.304. The molecule has 1 aromatic carbocycles. The van der Waals surface area contributed by atoms with E-state index in [1.807, 2.05) is 24.3 Å². The van der Waals surface area contributed by atoms with Crippen molar-refractivity contribution in [1.82, 2.24) is 4.98 Å². The van der Waals surface area contributed by atoms with Crippen LogP contribution in [-0.2, 0) is 6.54 Å². The van der Waals surface area contributed by atoms with Crippen LogP contribution in [0.15, 0.2) is 42.6 Å². The second kappa shape index (κ2) is 7.93. The number of methoxy groups -OCH3 is 1. The minimum Gasteiger partial charge on any atom is -0.493 e. The van der Waals surface area contributed by atoms with Gasteiger partial charge in [-0.15, -0.1) is 11.3 Å². The molecule has 0 radical (unpaired) electrons. The van der Waals surface area contributed by atoms with Crippen molar-refractivity contribution in [3.05, 3.63) is 58.2 Å². The number of thiophene rings is 1. The van der Waals surface area contributed by atoms with Crippen LogP contribution in [-0.4, -0.2) is 24.6 Å². The molecule has 0 N–H and O–H groups in total. The number of benzene rings is 1. The number of hydrogen-bond acceptors (Lipinski definition) is 5. The monoisotopic (exact) mass is 442 g/mol. The Bertz CT molecular complexity index is 1090. The smallest absolute Gasteiger partial charge is 0.269 e. The van der Waals surface area contributed by atoms with Crippen LogP contribution in [0.3, 0.4) is 0 Å². The second-order valence-electron chi connectivity index (χ2n) is 8.41. The molecule has 156 valence electrons. The molecule has 3 aromatic rings. The van der Waals surface area contributed by atoms with Crippen LogP contribution in [0.5, 0.6) is 11.5 Å². The lowest BCUT2D eigenvalue weighted by Gasteiger charge is -2.22. The molecule has 0 saturated carbocycles. The second-order valence-corrected chi connectivity index (χ2v) is 9.85. The zero-order chi connectivity index (χ0) is 21.5. The summed E-state index contributed by atoms with van der Waals surface area (Å²) in [5.41, 5.74) is 2.81. The van der Waals surface area contributed by atoms with Crippen molar-refractivity contribution < 1.29 is 14.3 Å². The number of hydrogen-bond donors (Lipinski definition) is 0. The normalized spacial score (nSPS) is 13.5. The molecular weight excluding hydrogens is 420 g/mol. The van der Waals surface area contributed by atoms with Crippen molar-refractivity contribution in [2.45, 2.75) is 27.3 Å². The van der Waals surface area contributed by atoms with Crippen molar-refractivity contribution in [3.63, 3.8) is 0 Å². The van der Waals surface area contributed by atoms with Crippen LogP contribution in [0.25, 0.3) is 10.4 Å². The highest BCUT2D eigenvalue weighted by atomic mass is 35.5. The van der Waals surface area contributed by atoms with E-state index < -0.39 is 0 Å². The van der Waals surface area contributed by atoms with Gasteiger partial charge in [0.2, 0.25) is 0 Å². The van der Waals surface area contributed by atoms with E-state index in [9.17, 15) is 4.79 Å². The predicted octanol–water partition coefficient (Wildman–Crippen LogP) is 6.06. The van der Waals surface area contributed by atoms with Crippen LogP contribution < -0.4 is 14.4 Å². The number of carbonyl (C=O) groups excluding carboxylic acids is 1. The van der Waals surface area contributed by atoms with Crippen molar-refractivity contribution in [1.29, 1.82) is 0 Å². The van der Waals surface area contributed by atoms with E-state index >= 15 is 0 Å². The van der Waals surface area contributed by atoms with Crippen LogP contribution >= 0.6 is 22.9 Å². The molecule has 1 aliphatic rings. The minimum atomic E-state index is -0.00594. The summed E-state index contributed by atoms with van der Waals surface area (Å²) in [6.45, 7) is 7.44. The van der Waals surface area contributed by atoms with Gasteiger partial charge in [0.15, 0.2) is 11.5 Å². The SMILES string of the molecule is COc1cc(N2Cc3cc(-c4ccc(Cl)nc4)sc3C2=O)ccc1OCC(C)(C)C. The highest BCUT2D eigenvalue weighted by Gasteiger charge is 2.32. The van der Waals surface area contributed by atoms with Crippen LogP contribution in [0, 0.1) is 5.41 Å². The maximum atomic E-state index is 13.1. The minimum absolute atomic E-state index is 0.00594. The van der Waals surface area contributed by atoms with E-state index in [2.05, 4.69) is 31.8 Å². The summed E-state index contributed by atoms with van der Waals surface area (Å²) in [7, 11) is 1.61. The maximum Gasteiger partial charge on any atom is 0.269 e. The highest BCUT2D eigenvalue weighted by Crippen LogP contribution is 2.40. The fourth-order valence-corrected chi connectivity index (χ4v) is 4.43. The Morgan fingerprint density at radius 1 is 1.17 bits per heavy atom. The number of pyridine rings is 1. The first kappa shape index (κ1) is 20.7. The third-order valence-electron chi connectivity index (χ3n) is 4.71. The molecule has 0 saturated heterocycles. The lowest BCUT2D eigenvalue weighted by Crippen LogP contribution is -2.23.